The van der Waals surface area contributed by atoms with Crippen LogP contribution in [0.2, 0.25) is 0 Å². The second kappa shape index (κ2) is 5.25. The normalized spacial score (nSPS) is 20.4. The number of nitrogens with zero attached hydrogens (tertiary/aromatic N) is 3. The Hall–Kier alpha value is -1.88. The molecule has 2 heterocycles. The fourth-order valence-corrected chi connectivity index (χ4v) is 3.16. The molecule has 5 heteroatoms. The molecular weight excluding hydrogens is 252 g/mol. The Balaban J connectivity index is 1.86. The number of aryl methyl sites for hydroxylation is 1. The van der Waals surface area contributed by atoms with E-state index in [4.69, 9.17) is 10.7 Å². The van der Waals surface area contributed by atoms with E-state index >= 15 is 0 Å². The van der Waals surface area contributed by atoms with E-state index < -0.39 is 0 Å². The molecule has 0 saturated carbocycles. The Labute approximate surface area is 118 Å². The van der Waals surface area contributed by atoms with Gasteiger partial charge < -0.3 is 10.3 Å². The number of hydrogen-bond donors (Lipinski definition) is 1. The van der Waals surface area contributed by atoms with E-state index in [1.54, 1.807) is 0 Å². The quantitative estimate of drug-likeness (QED) is 0.914. The number of benzene rings is 1. The van der Waals surface area contributed by atoms with Gasteiger partial charge in [-0.05, 0) is 31.5 Å². The molecule has 0 radical (unpaired) electrons. The first kappa shape index (κ1) is 13.1. The van der Waals surface area contributed by atoms with Gasteiger partial charge in [-0.3, -0.25) is 9.69 Å². The second-order valence-corrected chi connectivity index (χ2v) is 5.56. The van der Waals surface area contributed by atoms with Crippen molar-refractivity contribution in [1.82, 2.24) is 14.5 Å². The largest absolute Gasteiger partial charge is 0.369 e. The number of amides is 1. The van der Waals surface area contributed by atoms with Crippen LogP contribution in [0, 0.1) is 0 Å². The SMILES string of the molecule is Cn1c([C@H]2CCCN(CC(N)=O)C2)nc2ccccc21. The van der Waals surface area contributed by atoms with Crippen LogP contribution in [0.25, 0.3) is 11.0 Å². The number of carbonyl (C=O) groups excluding carboxylic acids is 1. The predicted octanol–water partition coefficient (Wildman–Crippen LogP) is 1.24. The first-order valence-corrected chi connectivity index (χ1v) is 7.07. The molecule has 0 aliphatic carbocycles. The van der Waals surface area contributed by atoms with Crippen molar-refractivity contribution in [2.45, 2.75) is 18.8 Å². The zero-order valence-electron chi connectivity index (χ0n) is 11.7. The molecule has 1 aliphatic rings. The highest BCUT2D eigenvalue weighted by atomic mass is 16.1. The van der Waals surface area contributed by atoms with Gasteiger partial charge in [0.05, 0.1) is 17.6 Å². The average molecular weight is 272 g/mol. The third kappa shape index (κ3) is 2.41. The first-order valence-electron chi connectivity index (χ1n) is 7.07. The van der Waals surface area contributed by atoms with Gasteiger partial charge >= 0.3 is 0 Å². The van der Waals surface area contributed by atoms with E-state index in [9.17, 15) is 4.79 Å². The van der Waals surface area contributed by atoms with Crippen molar-refractivity contribution in [2.75, 3.05) is 19.6 Å². The van der Waals surface area contributed by atoms with Crippen molar-refractivity contribution in [2.24, 2.45) is 12.8 Å². The summed E-state index contributed by atoms with van der Waals surface area (Å²) < 4.78 is 2.17. The molecule has 1 atom stereocenters. The van der Waals surface area contributed by atoms with Crippen molar-refractivity contribution in [1.29, 1.82) is 0 Å². The minimum Gasteiger partial charge on any atom is -0.369 e. The highest BCUT2D eigenvalue weighted by Crippen LogP contribution is 2.28. The molecule has 0 bridgehead atoms. The van der Waals surface area contributed by atoms with E-state index in [1.165, 1.54) is 0 Å². The van der Waals surface area contributed by atoms with Gasteiger partial charge in [0.25, 0.3) is 0 Å². The maximum absolute atomic E-state index is 11.1. The fourth-order valence-electron chi connectivity index (χ4n) is 3.16. The molecule has 1 aromatic carbocycles. The molecule has 3 rings (SSSR count). The second-order valence-electron chi connectivity index (χ2n) is 5.56. The molecule has 1 saturated heterocycles. The molecule has 0 unspecified atom stereocenters. The number of aromatic nitrogens is 2. The van der Waals surface area contributed by atoms with E-state index in [2.05, 4.69) is 22.6 Å². The van der Waals surface area contributed by atoms with Gasteiger partial charge in [0.1, 0.15) is 5.82 Å². The van der Waals surface area contributed by atoms with E-state index in [1.807, 2.05) is 18.2 Å². The summed E-state index contributed by atoms with van der Waals surface area (Å²) in [5.74, 6) is 1.23. The summed E-state index contributed by atoms with van der Waals surface area (Å²) in [6, 6.07) is 8.19. The standard InChI is InChI=1S/C15H20N4O/c1-18-13-7-3-2-6-12(13)17-15(18)11-5-4-8-19(9-11)10-14(16)20/h2-3,6-7,11H,4-5,8-10H2,1H3,(H2,16,20)/t11-/m0/s1. The number of rotatable bonds is 3. The van der Waals surface area contributed by atoms with Crippen LogP contribution in [0.3, 0.4) is 0 Å². The molecule has 5 nitrogen and oxygen atoms in total. The Morgan fingerprint density at radius 1 is 1.45 bits per heavy atom. The van der Waals surface area contributed by atoms with Gasteiger partial charge in [-0.2, -0.15) is 0 Å². The molecule has 106 valence electrons. The van der Waals surface area contributed by atoms with Crippen molar-refractivity contribution < 1.29 is 4.79 Å². The van der Waals surface area contributed by atoms with E-state index in [0.29, 0.717) is 12.5 Å². The molecule has 1 amide bonds. The molecule has 2 N–H and O–H groups in total. The fraction of sp³-hybridized carbons (Fsp3) is 0.467. The molecule has 2 aromatic rings. The molecule has 1 aliphatic heterocycles. The number of para-hydroxylation sites is 2. The lowest BCUT2D eigenvalue weighted by atomic mass is 9.97. The first-order chi connectivity index (χ1) is 9.65. The van der Waals surface area contributed by atoms with Crippen molar-refractivity contribution in [3.05, 3.63) is 30.1 Å². The Morgan fingerprint density at radius 3 is 3.00 bits per heavy atom. The van der Waals surface area contributed by atoms with Crippen LogP contribution >= 0.6 is 0 Å². The number of likely N-dealkylation sites (tertiary alicyclic amines) is 1. The highest BCUT2D eigenvalue weighted by Gasteiger charge is 2.25. The minimum absolute atomic E-state index is 0.254. The lowest BCUT2D eigenvalue weighted by Gasteiger charge is -2.31. The number of fused-ring (bicyclic) bond motifs is 1. The summed E-state index contributed by atoms with van der Waals surface area (Å²) in [5, 5.41) is 0. The average Bonchev–Trinajstić information content (AvgIpc) is 2.76. The molecular formula is C15H20N4O. The van der Waals surface area contributed by atoms with Gasteiger partial charge in [-0.25, -0.2) is 4.98 Å². The topological polar surface area (TPSA) is 64.2 Å². The Kier molecular flexibility index (Phi) is 3.44. The van der Waals surface area contributed by atoms with Crippen LogP contribution in [0.1, 0.15) is 24.6 Å². The summed E-state index contributed by atoms with van der Waals surface area (Å²) in [7, 11) is 2.07. The summed E-state index contributed by atoms with van der Waals surface area (Å²) in [6.45, 7) is 2.16. The zero-order valence-corrected chi connectivity index (χ0v) is 11.7. The Morgan fingerprint density at radius 2 is 2.25 bits per heavy atom. The lowest BCUT2D eigenvalue weighted by Crippen LogP contribution is -2.40. The van der Waals surface area contributed by atoms with E-state index in [-0.39, 0.29) is 5.91 Å². The van der Waals surface area contributed by atoms with Gasteiger partial charge in [-0.1, -0.05) is 12.1 Å². The molecule has 20 heavy (non-hydrogen) atoms. The van der Waals surface area contributed by atoms with Crippen molar-refractivity contribution in [3.63, 3.8) is 0 Å². The number of piperidine rings is 1. The third-order valence-corrected chi connectivity index (χ3v) is 4.07. The van der Waals surface area contributed by atoms with Crippen LogP contribution in [0.15, 0.2) is 24.3 Å². The zero-order chi connectivity index (χ0) is 14.1. The van der Waals surface area contributed by atoms with Crippen LogP contribution < -0.4 is 5.73 Å². The summed E-state index contributed by atoms with van der Waals surface area (Å²) in [5.41, 5.74) is 7.50. The predicted molar refractivity (Wildman–Crippen MR) is 78.3 cm³/mol. The van der Waals surface area contributed by atoms with Gasteiger partial charge in [0, 0.05) is 19.5 Å². The third-order valence-electron chi connectivity index (χ3n) is 4.07. The summed E-state index contributed by atoms with van der Waals surface area (Å²) in [6.07, 6.45) is 2.20. The van der Waals surface area contributed by atoms with Crippen LogP contribution in [0.5, 0.6) is 0 Å². The number of primary amides is 1. The summed E-state index contributed by atoms with van der Waals surface area (Å²) in [4.78, 5) is 18.0. The van der Waals surface area contributed by atoms with Crippen molar-refractivity contribution >= 4 is 16.9 Å². The molecule has 1 aromatic heterocycles. The number of carbonyl (C=O) groups is 1. The van der Waals surface area contributed by atoms with Gasteiger partial charge in [0.2, 0.25) is 5.91 Å². The number of nitrogens with two attached hydrogens (primary N) is 1. The lowest BCUT2D eigenvalue weighted by molar-refractivity contribution is -0.119. The van der Waals surface area contributed by atoms with Crippen molar-refractivity contribution in [3.8, 4) is 0 Å². The van der Waals surface area contributed by atoms with Gasteiger partial charge in [0.15, 0.2) is 0 Å². The maximum Gasteiger partial charge on any atom is 0.231 e. The highest BCUT2D eigenvalue weighted by molar-refractivity contribution is 5.76. The number of hydrogen-bond acceptors (Lipinski definition) is 3. The number of imidazole rings is 1. The molecule has 1 fully saturated rings. The van der Waals surface area contributed by atoms with Crippen LogP contribution in [0.4, 0.5) is 0 Å². The summed E-state index contributed by atoms with van der Waals surface area (Å²) >= 11 is 0. The van der Waals surface area contributed by atoms with Crippen LogP contribution in [-0.2, 0) is 11.8 Å². The van der Waals surface area contributed by atoms with Crippen LogP contribution in [-0.4, -0.2) is 40.0 Å². The monoisotopic (exact) mass is 272 g/mol. The smallest absolute Gasteiger partial charge is 0.231 e. The van der Waals surface area contributed by atoms with Gasteiger partial charge in [-0.15, -0.1) is 0 Å². The minimum atomic E-state index is -0.254. The van der Waals surface area contributed by atoms with E-state index in [0.717, 1.165) is 42.8 Å². The molecule has 0 spiro atoms. The Bertz CT molecular complexity index is 634. The maximum atomic E-state index is 11.1.